The molecule has 0 bridgehead atoms. The van der Waals surface area contributed by atoms with Gasteiger partial charge >= 0.3 is 0 Å². The molecule has 0 radical (unpaired) electrons. The zero-order valence-corrected chi connectivity index (χ0v) is 10.1. The molecule has 0 saturated carbocycles. The van der Waals surface area contributed by atoms with E-state index in [1.165, 1.54) is 11.1 Å². The van der Waals surface area contributed by atoms with E-state index < -0.39 is 0 Å². The van der Waals surface area contributed by atoms with Crippen molar-refractivity contribution in [2.45, 2.75) is 13.3 Å². The van der Waals surface area contributed by atoms with E-state index in [2.05, 4.69) is 24.4 Å². The monoisotopic (exact) mass is 226 g/mol. The minimum absolute atomic E-state index is 0.797. The molecule has 0 heterocycles. The van der Waals surface area contributed by atoms with Crippen LogP contribution in [0.5, 0.6) is 0 Å². The van der Waals surface area contributed by atoms with Crippen LogP contribution >= 0.6 is 0 Å². The van der Waals surface area contributed by atoms with Crippen LogP contribution in [0.4, 0.5) is 11.4 Å². The highest BCUT2D eigenvalue weighted by Crippen LogP contribution is 2.29. The molecule has 88 valence electrons. The van der Waals surface area contributed by atoms with Crippen LogP contribution in [0.3, 0.4) is 0 Å². The summed E-state index contributed by atoms with van der Waals surface area (Å²) in [5, 5.41) is 3.43. The van der Waals surface area contributed by atoms with Crippen molar-refractivity contribution < 1.29 is 0 Å². The Morgan fingerprint density at radius 1 is 1.06 bits per heavy atom. The molecule has 0 amide bonds. The predicted molar refractivity (Wildman–Crippen MR) is 75.1 cm³/mol. The van der Waals surface area contributed by atoms with Crippen LogP contribution in [0.15, 0.2) is 48.5 Å². The molecule has 0 fully saturated rings. The fourth-order valence-electron chi connectivity index (χ4n) is 1.83. The van der Waals surface area contributed by atoms with Gasteiger partial charge in [0.25, 0.3) is 0 Å². The maximum Gasteiger partial charge on any atom is 0.0421 e. The zero-order chi connectivity index (χ0) is 12.1. The molecule has 0 atom stereocenters. The van der Waals surface area contributed by atoms with E-state index in [0.29, 0.717) is 0 Å². The molecule has 2 aromatic rings. The van der Waals surface area contributed by atoms with Crippen LogP contribution in [0.2, 0.25) is 0 Å². The molecule has 2 rings (SSSR count). The van der Waals surface area contributed by atoms with Crippen LogP contribution in [-0.4, -0.2) is 6.54 Å². The van der Waals surface area contributed by atoms with Crippen LogP contribution in [0, 0.1) is 0 Å². The quantitative estimate of drug-likeness (QED) is 0.779. The molecule has 0 aliphatic rings. The van der Waals surface area contributed by atoms with Gasteiger partial charge in [0.05, 0.1) is 0 Å². The summed E-state index contributed by atoms with van der Waals surface area (Å²) in [5.41, 5.74) is 10.2. The molecular formula is C15H18N2. The molecule has 17 heavy (non-hydrogen) atoms. The first-order valence-electron chi connectivity index (χ1n) is 6.00. The van der Waals surface area contributed by atoms with Crippen molar-refractivity contribution in [2.75, 3.05) is 17.6 Å². The van der Waals surface area contributed by atoms with Crippen molar-refractivity contribution in [1.29, 1.82) is 0 Å². The van der Waals surface area contributed by atoms with Crippen molar-refractivity contribution in [3.05, 3.63) is 48.5 Å². The highest BCUT2D eigenvalue weighted by molar-refractivity contribution is 5.80. The lowest BCUT2D eigenvalue weighted by atomic mass is 10.0. The Morgan fingerprint density at radius 3 is 2.53 bits per heavy atom. The lowest BCUT2D eigenvalue weighted by molar-refractivity contribution is 0.980. The van der Waals surface area contributed by atoms with Gasteiger partial charge in [-0.05, 0) is 30.2 Å². The number of rotatable bonds is 4. The van der Waals surface area contributed by atoms with E-state index in [0.717, 1.165) is 24.3 Å². The van der Waals surface area contributed by atoms with Crippen LogP contribution < -0.4 is 11.1 Å². The number of hydrogen-bond acceptors (Lipinski definition) is 2. The minimum Gasteiger partial charge on any atom is -0.399 e. The molecule has 0 saturated heterocycles. The van der Waals surface area contributed by atoms with E-state index in [4.69, 9.17) is 5.73 Å². The Hall–Kier alpha value is -1.96. The van der Waals surface area contributed by atoms with Crippen LogP contribution in [0.1, 0.15) is 13.3 Å². The van der Waals surface area contributed by atoms with Gasteiger partial charge in [0.2, 0.25) is 0 Å². The molecule has 0 unspecified atom stereocenters. The smallest absolute Gasteiger partial charge is 0.0421 e. The third-order valence-corrected chi connectivity index (χ3v) is 2.69. The van der Waals surface area contributed by atoms with Gasteiger partial charge in [0.1, 0.15) is 0 Å². The van der Waals surface area contributed by atoms with Gasteiger partial charge in [0.15, 0.2) is 0 Å². The largest absolute Gasteiger partial charge is 0.399 e. The standard InChI is InChI=1S/C15H18N2/c1-2-10-17-15-9-8-13(16)11-14(15)12-6-4-3-5-7-12/h3-9,11,17H,2,10,16H2,1H3. The summed E-state index contributed by atoms with van der Waals surface area (Å²) in [6, 6.07) is 16.3. The number of nitrogens with one attached hydrogen (secondary N) is 1. The summed E-state index contributed by atoms with van der Waals surface area (Å²) >= 11 is 0. The van der Waals surface area contributed by atoms with Gasteiger partial charge in [-0.15, -0.1) is 0 Å². The highest BCUT2D eigenvalue weighted by atomic mass is 14.9. The first kappa shape index (κ1) is 11.5. The van der Waals surface area contributed by atoms with Crippen molar-refractivity contribution >= 4 is 11.4 Å². The van der Waals surface area contributed by atoms with Crippen LogP contribution in [0.25, 0.3) is 11.1 Å². The van der Waals surface area contributed by atoms with E-state index >= 15 is 0 Å². The second-order valence-corrected chi connectivity index (χ2v) is 4.10. The second kappa shape index (κ2) is 5.39. The number of benzene rings is 2. The van der Waals surface area contributed by atoms with E-state index in [1.54, 1.807) is 0 Å². The maximum atomic E-state index is 5.87. The normalized spacial score (nSPS) is 10.2. The lowest BCUT2D eigenvalue weighted by Gasteiger charge is -2.12. The molecule has 3 N–H and O–H groups in total. The third-order valence-electron chi connectivity index (χ3n) is 2.69. The minimum atomic E-state index is 0.797. The maximum absolute atomic E-state index is 5.87. The summed E-state index contributed by atoms with van der Waals surface area (Å²) in [4.78, 5) is 0. The Morgan fingerprint density at radius 2 is 1.82 bits per heavy atom. The third kappa shape index (κ3) is 2.78. The van der Waals surface area contributed by atoms with Gasteiger partial charge in [-0.2, -0.15) is 0 Å². The summed E-state index contributed by atoms with van der Waals surface area (Å²) in [7, 11) is 0. The Labute approximate surface area is 102 Å². The fourth-order valence-corrected chi connectivity index (χ4v) is 1.83. The van der Waals surface area contributed by atoms with Crippen molar-refractivity contribution in [1.82, 2.24) is 0 Å². The molecule has 0 aliphatic heterocycles. The van der Waals surface area contributed by atoms with Gasteiger partial charge in [-0.3, -0.25) is 0 Å². The predicted octanol–water partition coefficient (Wildman–Crippen LogP) is 3.76. The summed E-state index contributed by atoms with van der Waals surface area (Å²) in [5.74, 6) is 0. The first-order valence-corrected chi connectivity index (χ1v) is 6.00. The number of nitrogens with two attached hydrogens (primary N) is 1. The molecule has 2 nitrogen and oxygen atoms in total. The average Bonchev–Trinajstić information content (AvgIpc) is 2.38. The number of nitrogen functional groups attached to an aromatic ring is 1. The molecular weight excluding hydrogens is 208 g/mol. The fraction of sp³-hybridized carbons (Fsp3) is 0.200. The summed E-state index contributed by atoms with van der Waals surface area (Å²) < 4.78 is 0. The van der Waals surface area contributed by atoms with Crippen molar-refractivity contribution in [3.8, 4) is 11.1 Å². The van der Waals surface area contributed by atoms with E-state index in [1.807, 2.05) is 36.4 Å². The second-order valence-electron chi connectivity index (χ2n) is 4.10. The number of anilines is 2. The molecule has 2 heteroatoms. The zero-order valence-electron chi connectivity index (χ0n) is 10.1. The highest BCUT2D eigenvalue weighted by Gasteiger charge is 2.04. The van der Waals surface area contributed by atoms with Gasteiger partial charge < -0.3 is 11.1 Å². The van der Waals surface area contributed by atoms with Gasteiger partial charge in [0, 0.05) is 23.5 Å². The number of hydrogen-bond donors (Lipinski definition) is 2. The Bertz CT molecular complexity index is 478. The topological polar surface area (TPSA) is 38.0 Å². The summed E-state index contributed by atoms with van der Waals surface area (Å²) in [6.07, 6.45) is 1.11. The molecule has 2 aromatic carbocycles. The lowest BCUT2D eigenvalue weighted by Crippen LogP contribution is -2.01. The SMILES string of the molecule is CCCNc1ccc(N)cc1-c1ccccc1. The van der Waals surface area contributed by atoms with Gasteiger partial charge in [-0.1, -0.05) is 37.3 Å². The molecule has 0 aromatic heterocycles. The van der Waals surface area contributed by atoms with E-state index in [9.17, 15) is 0 Å². The van der Waals surface area contributed by atoms with Gasteiger partial charge in [-0.25, -0.2) is 0 Å². The van der Waals surface area contributed by atoms with E-state index in [-0.39, 0.29) is 0 Å². The summed E-state index contributed by atoms with van der Waals surface area (Å²) in [6.45, 7) is 3.14. The van der Waals surface area contributed by atoms with Crippen LogP contribution in [-0.2, 0) is 0 Å². The Kier molecular flexibility index (Phi) is 3.66. The Balaban J connectivity index is 2.40. The van der Waals surface area contributed by atoms with Crippen molar-refractivity contribution in [2.24, 2.45) is 0 Å². The van der Waals surface area contributed by atoms with Crippen molar-refractivity contribution in [3.63, 3.8) is 0 Å². The molecule has 0 spiro atoms. The average molecular weight is 226 g/mol. The first-order chi connectivity index (χ1) is 8.31. The molecule has 0 aliphatic carbocycles.